The van der Waals surface area contributed by atoms with Gasteiger partial charge in [-0.1, -0.05) is 45.2 Å². The Labute approximate surface area is 127 Å². The van der Waals surface area contributed by atoms with Crippen LogP contribution >= 0.6 is 11.6 Å². The van der Waals surface area contributed by atoms with Crippen molar-refractivity contribution in [2.45, 2.75) is 66.2 Å². The average molecular weight is 302 g/mol. The molecule has 1 rings (SSSR count). The number of aromatic nitrogens is 2. The largest absolute Gasteiger partial charge is 0.392 e. The molecule has 0 saturated heterocycles. The van der Waals surface area contributed by atoms with Crippen LogP contribution in [-0.4, -0.2) is 27.5 Å². The minimum atomic E-state index is -0.299. The molecule has 1 aromatic heterocycles. The molecule has 0 saturated carbocycles. The van der Waals surface area contributed by atoms with E-state index in [0.29, 0.717) is 19.0 Å². The number of hydrogen-bond acceptors (Lipinski definition) is 3. The summed E-state index contributed by atoms with van der Waals surface area (Å²) in [5, 5.41) is 18.7. The first kappa shape index (κ1) is 17.5. The van der Waals surface area contributed by atoms with E-state index in [1.165, 1.54) is 0 Å². The zero-order valence-electron chi connectivity index (χ0n) is 13.1. The van der Waals surface area contributed by atoms with E-state index < -0.39 is 0 Å². The maximum atomic E-state index is 10.1. The van der Waals surface area contributed by atoms with E-state index in [-0.39, 0.29) is 6.10 Å². The second-order valence-electron chi connectivity index (χ2n) is 5.15. The summed E-state index contributed by atoms with van der Waals surface area (Å²) in [6.07, 6.45) is 2.56. The Morgan fingerprint density at radius 2 is 1.90 bits per heavy atom. The Morgan fingerprint density at radius 1 is 1.25 bits per heavy atom. The molecule has 0 aliphatic carbocycles. The van der Waals surface area contributed by atoms with Gasteiger partial charge in [0.25, 0.3) is 0 Å². The number of halogens is 1. The van der Waals surface area contributed by atoms with Crippen molar-refractivity contribution in [2.24, 2.45) is 5.92 Å². The van der Waals surface area contributed by atoms with Crippen molar-refractivity contribution in [3.63, 3.8) is 0 Å². The molecule has 0 bridgehead atoms. The molecule has 5 heteroatoms. The molecule has 0 fully saturated rings. The Bertz CT molecular complexity index is 402. The number of hydrogen-bond donors (Lipinski definition) is 2. The van der Waals surface area contributed by atoms with E-state index in [0.717, 1.165) is 42.2 Å². The van der Waals surface area contributed by atoms with E-state index in [1.807, 2.05) is 4.68 Å². The van der Waals surface area contributed by atoms with Crippen LogP contribution in [-0.2, 0) is 19.5 Å². The normalized spacial score (nSPS) is 13.2. The number of nitrogens with zero attached hydrogens (tertiary/aromatic N) is 2. The molecule has 20 heavy (non-hydrogen) atoms. The van der Waals surface area contributed by atoms with E-state index in [1.54, 1.807) is 0 Å². The summed E-state index contributed by atoms with van der Waals surface area (Å²) in [6.45, 7) is 10.4. The zero-order chi connectivity index (χ0) is 15.1. The van der Waals surface area contributed by atoms with Gasteiger partial charge in [-0.05, 0) is 19.3 Å². The van der Waals surface area contributed by atoms with Crippen LogP contribution in [0.5, 0.6) is 0 Å². The Kier molecular flexibility index (Phi) is 7.56. The maximum absolute atomic E-state index is 10.1. The average Bonchev–Trinajstić information content (AvgIpc) is 2.76. The fraction of sp³-hybridized carbons (Fsp3) is 0.800. The Balaban J connectivity index is 2.59. The van der Waals surface area contributed by atoms with Crippen molar-refractivity contribution in [3.05, 3.63) is 16.4 Å². The molecule has 1 unspecified atom stereocenters. The number of aliphatic hydroxyl groups is 1. The molecular formula is C15H28ClN3O. The quantitative estimate of drug-likeness (QED) is 0.737. The van der Waals surface area contributed by atoms with Gasteiger partial charge in [0.2, 0.25) is 0 Å². The molecule has 0 amide bonds. The van der Waals surface area contributed by atoms with E-state index in [9.17, 15) is 5.11 Å². The van der Waals surface area contributed by atoms with Gasteiger partial charge in [0, 0.05) is 19.6 Å². The van der Waals surface area contributed by atoms with Crippen molar-refractivity contribution in [1.82, 2.24) is 15.1 Å². The molecule has 0 spiro atoms. The standard InChI is InChI=1S/C15H28ClN3O/c1-5-11(6-2)14(20)10-17-9-13-15(16)12(7-3)18-19(13)8-4/h11,14,17,20H,5-10H2,1-4H3. The number of nitrogens with one attached hydrogen (secondary N) is 1. The second-order valence-corrected chi connectivity index (χ2v) is 5.53. The van der Waals surface area contributed by atoms with Crippen molar-refractivity contribution < 1.29 is 5.11 Å². The van der Waals surface area contributed by atoms with Crippen LogP contribution in [0.25, 0.3) is 0 Å². The van der Waals surface area contributed by atoms with Gasteiger partial charge in [-0.25, -0.2) is 0 Å². The van der Waals surface area contributed by atoms with Crippen LogP contribution in [0.2, 0.25) is 5.02 Å². The van der Waals surface area contributed by atoms with Gasteiger partial charge in [-0.15, -0.1) is 0 Å². The Morgan fingerprint density at radius 3 is 2.40 bits per heavy atom. The van der Waals surface area contributed by atoms with Crippen LogP contribution < -0.4 is 5.32 Å². The highest BCUT2D eigenvalue weighted by Crippen LogP contribution is 2.21. The molecule has 4 nitrogen and oxygen atoms in total. The third-order valence-corrected chi connectivity index (χ3v) is 4.37. The highest BCUT2D eigenvalue weighted by molar-refractivity contribution is 6.31. The summed E-state index contributed by atoms with van der Waals surface area (Å²) in [4.78, 5) is 0. The van der Waals surface area contributed by atoms with E-state index in [2.05, 4.69) is 38.1 Å². The predicted octanol–water partition coefficient (Wildman–Crippen LogP) is 3.01. The van der Waals surface area contributed by atoms with Crippen molar-refractivity contribution in [2.75, 3.05) is 6.54 Å². The van der Waals surface area contributed by atoms with Crippen LogP contribution in [0.3, 0.4) is 0 Å². The van der Waals surface area contributed by atoms with Crippen LogP contribution in [0.4, 0.5) is 0 Å². The zero-order valence-corrected chi connectivity index (χ0v) is 13.9. The molecule has 1 heterocycles. The first-order chi connectivity index (χ1) is 9.58. The van der Waals surface area contributed by atoms with E-state index in [4.69, 9.17) is 11.6 Å². The van der Waals surface area contributed by atoms with E-state index >= 15 is 0 Å². The number of rotatable bonds is 9. The van der Waals surface area contributed by atoms with Gasteiger partial charge in [-0.2, -0.15) is 5.10 Å². The predicted molar refractivity (Wildman–Crippen MR) is 84.1 cm³/mol. The van der Waals surface area contributed by atoms with Gasteiger partial charge < -0.3 is 10.4 Å². The summed E-state index contributed by atoms with van der Waals surface area (Å²) in [5.41, 5.74) is 1.97. The van der Waals surface area contributed by atoms with Crippen LogP contribution in [0.15, 0.2) is 0 Å². The first-order valence-electron chi connectivity index (χ1n) is 7.71. The van der Waals surface area contributed by atoms with Gasteiger partial charge >= 0.3 is 0 Å². The lowest BCUT2D eigenvalue weighted by molar-refractivity contribution is 0.101. The van der Waals surface area contributed by atoms with Gasteiger partial charge in [0.1, 0.15) is 0 Å². The molecule has 116 valence electrons. The minimum Gasteiger partial charge on any atom is -0.392 e. The summed E-state index contributed by atoms with van der Waals surface area (Å²) in [5.74, 6) is 0.361. The molecular weight excluding hydrogens is 274 g/mol. The van der Waals surface area contributed by atoms with Crippen LogP contribution in [0.1, 0.15) is 51.9 Å². The third kappa shape index (κ3) is 4.21. The lowest BCUT2D eigenvalue weighted by Crippen LogP contribution is -2.32. The molecule has 0 aliphatic rings. The summed E-state index contributed by atoms with van der Waals surface area (Å²) >= 11 is 6.35. The van der Waals surface area contributed by atoms with Gasteiger partial charge in [0.15, 0.2) is 0 Å². The fourth-order valence-corrected chi connectivity index (χ4v) is 2.86. The smallest absolute Gasteiger partial charge is 0.0863 e. The molecule has 0 aromatic carbocycles. The van der Waals surface area contributed by atoms with Crippen molar-refractivity contribution in [3.8, 4) is 0 Å². The maximum Gasteiger partial charge on any atom is 0.0863 e. The molecule has 2 N–H and O–H groups in total. The minimum absolute atomic E-state index is 0.299. The Hall–Kier alpha value is -0.580. The van der Waals surface area contributed by atoms with Crippen LogP contribution in [0, 0.1) is 5.92 Å². The molecule has 1 aromatic rings. The highest BCUT2D eigenvalue weighted by Gasteiger charge is 2.17. The topological polar surface area (TPSA) is 50.1 Å². The summed E-state index contributed by atoms with van der Waals surface area (Å²) < 4.78 is 1.94. The van der Waals surface area contributed by atoms with Crippen molar-refractivity contribution >= 4 is 11.6 Å². The van der Waals surface area contributed by atoms with Crippen molar-refractivity contribution in [1.29, 1.82) is 0 Å². The molecule has 0 radical (unpaired) electrons. The third-order valence-electron chi connectivity index (χ3n) is 3.93. The van der Waals surface area contributed by atoms with Gasteiger partial charge in [0.05, 0.1) is 22.5 Å². The number of aryl methyl sites for hydroxylation is 2. The van der Waals surface area contributed by atoms with Gasteiger partial charge in [-0.3, -0.25) is 4.68 Å². The summed E-state index contributed by atoms with van der Waals surface area (Å²) in [7, 11) is 0. The molecule has 1 atom stereocenters. The fourth-order valence-electron chi connectivity index (χ4n) is 2.52. The summed E-state index contributed by atoms with van der Waals surface area (Å²) in [6, 6.07) is 0. The second kappa shape index (κ2) is 8.65. The first-order valence-corrected chi connectivity index (χ1v) is 8.09. The lowest BCUT2D eigenvalue weighted by atomic mass is 9.96. The highest BCUT2D eigenvalue weighted by atomic mass is 35.5. The number of aliphatic hydroxyl groups excluding tert-OH is 1. The monoisotopic (exact) mass is 301 g/mol. The SMILES string of the molecule is CCc1nn(CC)c(CNCC(O)C(CC)CC)c1Cl. The lowest BCUT2D eigenvalue weighted by Gasteiger charge is -2.20. The molecule has 0 aliphatic heterocycles.